The van der Waals surface area contributed by atoms with Crippen molar-refractivity contribution in [1.82, 2.24) is 9.97 Å². The first-order valence-corrected chi connectivity index (χ1v) is 6.02. The third kappa shape index (κ3) is 3.45. The zero-order chi connectivity index (χ0) is 12.1. The van der Waals surface area contributed by atoms with Crippen LogP contribution in [0.25, 0.3) is 0 Å². The Morgan fingerprint density at radius 1 is 1.41 bits per heavy atom. The van der Waals surface area contributed by atoms with Gasteiger partial charge in [0.05, 0.1) is 6.10 Å². The molecule has 4 N–H and O–H groups in total. The maximum atomic E-state index is 5.64. The Labute approximate surface area is 101 Å². The number of nitrogens with one attached hydrogen (secondary N) is 2. The summed E-state index contributed by atoms with van der Waals surface area (Å²) in [5, 5.41) is 6.34. The zero-order valence-corrected chi connectivity index (χ0v) is 10.1. The second-order valence-electron chi connectivity index (χ2n) is 4.04. The fraction of sp³-hybridized carbons (Fsp3) is 0.636. The van der Waals surface area contributed by atoms with Crippen LogP contribution in [0.5, 0.6) is 0 Å². The predicted molar refractivity (Wildman–Crippen MR) is 68.1 cm³/mol. The van der Waals surface area contributed by atoms with E-state index in [1.165, 1.54) is 0 Å². The molecule has 1 atom stereocenters. The van der Waals surface area contributed by atoms with E-state index in [0.717, 1.165) is 44.2 Å². The first-order chi connectivity index (χ1) is 8.28. The van der Waals surface area contributed by atoms with Crippen LogP contribution in [-0.4, -0.2) is 35.8 Å². The molecule has 0 aliphatic carbocycles. The normalized spacial score (nSPS) is 19.2. The van der Waals surface area contributed by atoms with Crippen molar-refractivity contribution in [3.05, 3.63) is 6.07 Å². The molecular formula is C11H19N5O. The van der Waals surface area contributed by atoms with Crippen molar-refractivity contribution < 1.29 is 4.74 Å². The molecule has 17 heavy (non-hydrogen) atoms. The third-order valence-electron chi connectivity index (χ3n) is 2.64. The van der Waals surface area contributed by atoms with Gasteiger partial charge in [-0.25, -0.2) is 0 Å². The lowest BCUT2D eigenvalue weighted by Gasteiger charge is -2.12. The highest BCUT2D eigenvalue weighted by Crippen LogP contribution is 2.15. The van der Waals surface area contributed by atoms with Gasteiger partial charge in [-0.05, 0) is 19.8 Å². The number of rotatable bonds is 5. The van der Waals surface area contributed by atoms with Crippen LogP contribution in [0, 0.1) is 0 Å². The number of nitrogens with zero attached hydrogens (tertiary/aromatic N) is 2. The summed E-state index contributed by atoms with van der Waals surface area (Å²) in [4.78, 5) is 8.22. The smallest absolute Gasteiger partial charge is 0.223 e. The lowest BCUT2D eigenvalue weighted by molar-refractivity contribution is 0.120. The molecule has 6 nitrogen and oxygen atoms in total. The lowest BCUT2D eigenvalue weighted by Crippen LogP contribution is -2.19. The summed E-state index contributed by atoms with van der Waals surface area (Å²) in [5.74, 6) is 1.76. The Balaban J connectivity index is 1.94. The van der Waals surface area contributed by atoms with Gasteiger partial charge in [0.1, 0.15) is 11.6 Å². The van der Waals surface area contributed by atoms with Crippen LogP contribution in [0.1, 0.15) is 19.8 Å². The van der Waals surface area contributed by atoms with Crippen LogP contribution in [0.3, 0.4) is 0 Å². The predicted octanol–water partition coefficient (Wildman–Crippen LogP) is 1.08. The van der Waals surface area contributed by atoms with Gasteiger partial charge in [0.25, 0.3) is 0 Å². The average Bonchev–Trinajstić information content (AvgIpc) is 2.79. The molecule has 0 spiro atoms. The van der Waals surface area contributed by atoms with E-state index in [9.17, 15) is 0 Å². The van der Waals surface area contributed by atoms with Gasteiger partial charge in [-0.2, -0.15) is 9.97 Å². The summed E-state index contributed by atoms with van der Waals surface area (Å²) in [7, 11) is 0. The Morgan fingerprint density at radius 3 is 2.82 bits per heavy atom. The first kappa shape index (κ1) is 11.9. The number of nitrogens with two attached hydrogens (primary N) is 1. The van der Waals surface area contributed by atoms with Crippen molar-refractivity contribution in [2.45, 2.75) is 25.9 Å². The van der Waals surface area contributed by atoms with E-state index in [1.807, 2.05) is 13.0 Å². The second-order valence-corrected chi connectivity index (χ2v) is 4.04. The van der Waals surface area contributed by atoms with Gasteiger partial charge in [-0.15, -0.1) is 0 Å². The number of nitrogen functional groups attached to an aromatic ring is 1. The van der Waals surface area contributed by atoms with E-state index in [1.54, 1.807) is 0 Å². The van der Waals surface area contributed by atoms with Crippen molar-refractivity contribution in [3.8, 4) is 0 Å². The molecule has 94 valence electrons. The van der Waals surface area contributed by atoms with E-state index in [0.29, 0.717) is 0 Å². The van der Waals surface area contributed by atoms with Gasteiger partial charge in [-0.3, -0.25) is 0 Å². The van der Waals surface area contributed by atoms with Crippen LogP contribution in [0.4, 0.5) is 17.6 Å². The molecule has 0 amide bonds. The number of anilines is 3. The maximum Gasteiger partial charge on any atom is 0.223 e. The van der Waals surface area contributed by atoms with E-state index < -0.39 is 0 Å². The molecule has 2 heterocycles. The summed E-state index contributed by atoms with van der Waals surface area (Å²) in [5.41, 5.74) is 5.64. The highest BCUT2D eigenvalue weighted by Gasteiger charge is 2.15. The average molecular weight is 237 g/mol. The SMILES string of the molecule is CCNc1cc(NCC2CCCO2)nc(N)n1. The highest BCUT2D eigenvalue weighted by atomic mass is 16.5. The minimum Gasteiger partial charge on any atom is -0.376 e. The van der Waals surface area contributed by atoms with E-state index in [-0.39, 0.29) is 12.1 Å². The fourth-order valence-corrected chi connectivity index (χ4v) is 1.85. The number of aromatic nitrogens is 2. The molecule has 1 fully saturated rings. The molecule has 0 radical (unpaired) electrons. The quantitative estimate of drug-likeness (QED) is 0.710. The summed E-state index contributed by atoms with van der Waals surface area (Å²) >= 11 is 0. The van der Waals surface area contributed by atoms with Crippen LogP contribution in [0.2, 0.25) is 0 Å². The number of ether oxygens (including phenoxy) is 1. The largest absolute Gasteiger partial charge is 0.376 e. The summed E-state index contributed by atoms with van der Waals surface area (Å²) < 4.78 is 5.53. The van der Waals surface area contributed by atoms with Gasteiger partial charge >= 0.3 is 0 Å². The van der Waals surface area contributed by atoms with Crippen molar-refractivity contribution in [2.75, 3.05) is 36.1 Å². The van der Waals surface area contributed by atoms with E-state index in [2.05, 4.69) is 20.6 Å². The minimum atomic E-state index is 0.276. The maximum absolute atomic E-state index is 5.64. The van der Waals surface area contributed by atoms with Gasteiger partial charge in [0.15, 0.2) is 0 Å². The zero-order valence-electron chi connectivity index (χ0n) is 10.1. The Morgan fingerprint density at radius 2 is 2.18 bits per heavy atom. The van der Waals surface area contributed by atoms with Crippen molar-refractivity contribution in [2.24, 2.45) is 0 Å². The van der Waals surface area contributed by atoms with Crippen LogP contribution in [-0.2, 0) is 4.74 Å². The molecule has 6 heteroatoms. The Bertz CT molecular complexity index is 365. The summed E-state index contributed by atoms with van der Waals surface area (Å²) in [6.07, 6.45) is 2.53. The first-order valence-electron chi connectivity index (χ1n) is 6.02. The van der Waals surface area contributed by atoms with Crippen molar-refractivity contribution in [1.29, 1.82) is 0 Å². The highest BCUT2D eigenvalue weighted by molar-refractivity contribution is 5.50. The van der Waals surface area contributed by atoms with Crippen molar-refractivity contribution in [3.63, 3.8) is 0 Å². The lowest BCUT2D eigenvalue weighted by atomic mass is 10.2. The molecule has 1 aliphatic heterocycles. The molecule has 0 aromatic carbocycles. The summed E-state index contributed by atoms with van der Waals surface area (Å²) in [6.45, 7) is 4.45. The number of hydrogen-bond donors (Lipinski definition) is 3. The third-order valence-corrected chi connectivity index (χ3v) is 2.64. The van der Waals surface area contributed by atoms with E-state index in [4.69, 9.17) is 10.5 Å². The molecule has 1 aromatic heterocycles. The summed E-state index contributed by atoms with van der Waals surface area (Å²) in [6, 6.07) is 1.86. The van der Waals surface area contributed by atoms with Gasteiger partial charge in [0.2, 0.25) is 5.95 Å². The molecule has 1 aliphatic rings. The topological polar surface area (TPSA) is 85.1 Å². The van der Waals surface area contributed by atoms with Gasteiger partial charge < -0.3 is 21.1 Å². The van der Waals surface area contributed by atoms with Crippen LogP contribution < -0.4 is 16.4 Å². The Hall–Kier alpha value is -1.56. The second kappa shape index (κ2) is 5.67. The molecule has 1 saturated heterocycles. The number of hydrogen-bond acceptors (Lipinski definition) is 6. The Kier molecular flexibility index (Phi) is 3.98. The molecule has 0 bridgehead atoms. The van der Waals surface area contributed by atoms with Gasteiger partial charge in [-0.1, -0.05) is 0 Å². The van der Waals surface area contributed by atoms with E-state index >= 15 is 0 Å². The molecule has 1 unspecified atom stereocenters. The minimum absolute atomic E-state index is 0.276. The van der Waals surface area contributed by atoms with Crippen LogP contribution >= 0.6 is 0 Å². The van der Waals surface area contributed by atoms with Crippen molar-refractivity contribution >= 4 is 17.6 Å². The molecule has 0 saturated carbocycles. The standard InChI is InChI=1S/C11H19N5O/c1-2-13-9-6-10(16-11(12)15-9)14-7-8-4-3-5-17-8/h6,8H,2-5,7H2,1H3,(H4,12,13,14,15,16). The molecule has 2 rings (SSSR count). The van der Waals surface area contributed by atoms with Gasteiger partial charge in [0, 0.05) is 25.8 Å². The fourth-order valence-electron chi connectivity index (χ4n) is 1.85. The molecular weight excluding hydrogens is 218 g/mol. The molecule has 1 aromatic rings. The monoisotopic (exact) mass is 237 g/mol. The van der Waals surface area contributed by atoms with Crippen LogP contribution in [0.15, 0.2) is 6.07 Å².